The van der Waals surface area contributed by atoms with Crippen molar-refractivity contribution < 1.29 is 18.3 Å². The highest BCUT2D eigenvalue weighted by Crippen LogP contribution is 2.23. The molecule has 0 radical (unpaired) electrons. The number of amides is 1. The lowest BCUT2D eigenvalue weighted by atomic mass is 10.1. The van der Waals surface area contributed by atoms with E-state index in [-0.39, 0.29) is 48.3 Å². The zero-order valence-corrected chi connectivity index (χ0v) is 15.8. The topological polar surface area (TPSA) is 77.9 Å². The number of aromatic hydroxyl groups is 1. The first kappa shape index (κ1) is 18.7. The molecule has 0 unspecified atom stereocenters. The van der Waals surface area contributed by atoms with Gasteiger partial charge in [0.05, 0.1) is 10.5 Å². The Bertz CT molecular complexity index is 938. The smallest absolute Gasteiger partial charge is 0.257 e. The van der Waals surface area contributed by atoms with E-state index in [2.05, 4.69) is 0 Å². The second kappa shape index (κ2) is 7.26. The van der Waals surface area contributed by atoms with Crippen molar-refractivity contribution in [2.45, 2.75) is 11.8 Å². The highest BCUT2D eigenvalue weighted by Gasteiger charge is 2.31. The van der Waals surface area contributed by atoms with E-state index in [4.69, 9.17) is 11.6 Å². The summed E-state index contributed by atoms with van der Waals surface area (Å²) in [5.74, 6) is -0.374. The second-order valence-electron chi connectivity index (χ2n) is 6.17. The number of halogens is 1. The first-order valence-electron chi connectivity index (χ1n) is 8.13. The summed E-state index contributed by atoms with van der Waals surface area (Å²) in [6, 6.07) is 11.0. The second-order valence-corrected chi connectivity index (χ2v) is 8.55. The zero-order valence-electron chi connectivity index (χ0n) is 14.2. The first-order valence-corrected chi connectivity index (χ1v) is 9.95. The number of phenols is 1. The first-order chi connectivity index (χ1) is 12.3. The van der Waals surface area contributed by atoms with Crippen LogP contribution in [0.3, 0.4) is 0 Å². The molecule has 1 fully saturated rings. The molecule has 1 amide bonds. The Morgan fingerprint density at radius 2 is 1.77 bits per heavy atom. The Labute approximate surface area is 157 Å². The number of sulfonamides is 1. The van der Waals surface area contributed by atoms with Gasteiger partial charge in [0.2, 0.25) is 10.0 Å². The average Bonchev–Trinajstić information content (AvgIpc) is 2.63. The lowest BCUT2D eigenvalue weighted by Gasteiger charge is -2.34. The number of hydrogen-bond donors (Lipinski definition) is 1. The molecule has 6 nitrogen and oxygen atoms in total. The summed E-state index contributed by atoms with van der Waals surface area (Å²) in [5, 5.41) is 10.3. The number of nitrogens with zero attached hydrogens (tertiary/aromatic N) is 2. The highest BCUT2D eigenvalue weighted by molar-refractivity contribution is 7.89. The average molecular weight is 395 g/mol. The molecule has 0 bridgehead atoms. The molecule has 2 aromatic rings. The zero-order chi connectivity index (χ0) is 18.9. The maximum Gasteiger partial charge on any atom is 0.257 e. The number of benzene rings is 2. The number of rotatable bonds is 3. The summed E-state index contributed by atoms with van der Waals surface area (Å²) in [6.07, 6.45) is 0. The Balaban J connectivity index is 1.73. The van der Waals surface area contributed by atoms with Gasteiger partial charge in [0.1, 0.15) is 5.75 Å². The molecule has 1 saturated heterocycles. The third-order valence-electron chi connectivity index (χ3n) is 4.34. The summed E-state index contributed by atoms with van der Waals surface area (Å²) in [4.78, 5) is 14.3. The molecule has 1 aliphatic rings. The molecule has 138 valence electrons. The third-order valence-corrected chi connectivity index (χ3v) is 6.47. The predicted molar refractivity (Wildman–Crippen MR) is 99.0 cm³/mol. The molecule has 0 atom stereocenters. The molecule has 0 aromatic heterocycles. The largest absolute Gasteiger partial charge is 0.507 e. The number of carbonyl (C=O) groups is 1. The van der Waals surface area contributed by atoms with Gasteiger partial charge in [-0.15, -0.1) is 0 Å². The van der Waals surface area contributed by atoms with Gasteiger partial charge in [0, 0.05) is 31.2 Å². The van der Waals surface area contributed by atoms with E-state index in [1.807, 2.05) is 6.92 Å². The quantitative estimate of drug-likeness (QED) is 0.867. The van der Waals surface area contributed by atoms with Gasteiger partial charge in [-0.2, -0.15) is 4.31 Å². The number of carbonyl (C=O) groups excluding carboxylic acids is 1. The molecule has 26 heavy (non-hydrogen) atoms. The molecule has 3 rings (SSSR count). The molecule has 1 N–H and O–H groups in total. The Morgan fingerprint density at radius 1 is 1.08 bits per heavy atom. The van der Waals surface area contributed by atoms with Crippen LogP contribution in [0, 0.1) is 6.92 Å². The summed E-state index contributed by atoms with van der Waals surface area (Å²) in [7, 11) is -3.65. The molecule has 2 aromatic carbocycles. The van der Waals surface area contributed by atoms with Crippen molar-refractivity contribution in [1.29, 1.82) is 0 Å². The van der Waals surface area contributed by atoms with Gasteiger partial charge in [0.15, 0.2) is 0 Å². The summed E-state index contributed by atoms with van der Waals surface area (Å²) >= 11 is 5.89. The van der Waals surface area contributed by atoms with Gasteiger partial charge < -0.3 is 10.0 Å². The minimum atomic E-state index is -3.65. The maximum atomic E-state index is 12.7. The summed E-state index contributed by atoms with van der Waals surface area (Å²) in [6.45, 7) is 2.73. The van der Waals surface area contributed by atoms with E-state index in [0.717, 1.165) is 5.56 Å². The van der Waals surface area contributed by atoms with Gasteiger partial charge in [-0.1, -0.05) is 29.3 Å². The van der Waals surface area contributed by atoms with Crippen LogP contribution in [0.2, 0.25) is 5.02 Å². The van der Waals surface area contributed by atoms with Crippen LogP contribution in [-0.2, 0) is 10.0 Å². The van der Waals surface area contributed by atoms with E-state index >= 15 is 0 Å². The van der Waals surface area contributed by atoms with Crippen LogP contribution in [0.15, 0.2) is 47.4 Å². The van der Waals surface area contributed by atoms with E-state index in [1.165, 1.54) is 22.5 Å². The van der Waals surface area contributed by atoms with Gasteiger partial charge in [0.25, 0.3) is 5.91 Å². The lowest BCUT2D eigenvalue weighted by molar-refractivity contribution is 0.0694. The molecule has 0 saturated carbocycles. The van der Waals surface area contributed by atoms with Crippen LogP contribution in [0.4, 0.5) is 0 Å². The minimum Gasteiger partial charge on any atom is -0.507 e. The van der Waals surface area contributed by atoms with E-state index < -0.39 is 10.0 Å². The van der Waals surface area contributed by atoms with Crippen LogP contribution in [0.1, 0.15) is 15.9 Å². The third kappa shape index (κ3) is 3.70. The van der Waals surface area contributed by atoms with Crippen molar-refractivity contribution >= 4 is 27.5 Å². The fraction of sp³-hybridized carbons (Fsp3) is 0.278. The van der Waals surface area contributed by atoms with Gasteiger partial charge in [-0.05, 0) is 37.3 Å². The molecule has 0 spiro atoms. The summed E-state index contributed by atoms with van der Waals surface area (Å²) in [5.41, 5.74) is 1.10. The number of aryl methyl sites for hydroxylation is 1. The van der Waals surface area contributed by atoms with Crippen molar-refractivity contribution in [3.8, 4) is 5.75 Å². The molecule has 1 heterocycles. The molecule has 0 aliphatic carbocycles. The number of phenolic OH excluding ortho intramolecular Hbond substituents is 1. The van der Waals surface area contributed by atoms with E-state index in [1.54, 1.807) is 29.2 Å². The summed E-state index contributed by atoms with van der Waals surface area (Å²) < 4.78 is 26.8. The van der Waals surface area contributed by atoms with Crippen molar-refractivity contribution in [2.75, 3.05) is 26.2 Å². The molecule has 8 heteroatoms. The van der Waals surface area contributed by atoms with E-state index in [0.29, 0.717) is 5.02 Å². The number of piperazine rings is 1. The molecular weight excluding hydrogens is 376 g/mol. The van der Waals surface area contributed by atoms with Crippen molar-refractivity contribution in [2.24, 2.45) is 0 Å². The van der Waals surface area contributed by atoms with Crippen LogP contribution in [0.25, 0.3) is 0 Å². The normalized spacial score (nSPS) is 15.8. The standard InChI is InChI=1S/C18H19ClN2O4S/c1-13-5-6-17(22)16(11-13)18(23)20-7-9-21(10-8-20)26(24,25)15-4-2-3-14(19)12-15/h2-6,11-12,22H,7-10H2,1H3. The van der Waals surface area contributed by atoms with Crippen LogP contribution < -0.4 is 0 Å². The van der Waals surface area contributed by atoms with Crippen molar-refractivity contribution in [3.63, 3.8) is 0 Å². The van der Waals surface area contributed by atoms with Crippen molar-refractivity contribution in [3.05, 3.63) is 58.6 Å². The highest BCUT2D eigenvalue weighted by atomic mass is 35.5. The molecular formula is C18H19ClN2O4S. The van der Waals surface area contributed by atoms with Crippen LogP contribution in [0.5, 0.6) is 5.75 Å². The maximum absolute atomic E-state index is 12.7. The Hall–Kier alpha value is -2.09. The van der Waals surface area contributed by atoms with Gasteiger partial charge in [-0.25, -0.2) is 8.42 Å². The molecule has 1 aliphatic heterocycles. The number of hydrogen-bond acceptors (Lipinski definition) is 4. The fourth-order valence-electron chi connectivity index (χ4n) is 2.90. The van der Waals surface area contributed by atoms with Crippen LogP contribution in [-0.4, -0.2) is 54.8 Å². The lowest BCUT2D eigenvalue weighted by Crippen LogP contribution is -2.50. The van der Waals surface area contributed by atoms with Gasteiger partial charge >= 0.3 is 0 Å². The van der Waals surface area contributed by atoms with E-state index in [9.17, 15) is 18.3 Å². The Kier molecular flexibility index (Phi) is 5.22. The van der Waals surface area contributed by atoms with Crippen molar-refractivity contribution in [1.82, 2.24) is 9.21 Å². The van der Waals surface area contributed by atoms with Gasteiger partial charge in [-0.3, -0.25) is 4.79 Å². The minimum absolute atomic E-state index is 0.0745. The monoisotopic (exact) mass is 394 g/mol. The SMILES string of the molecule is Cc1ccc(O)c(C(=O)N2CCN(S(=O)(=O)c3cccc(Cl)c3)CC2)c1. The predicted octanol–water partition coefficient (Wildman–Crippen LogP) is 2.50. The Morgan fingerprint density at radius 3 is 2.42 bits per heavy atom. The van der Waals surface area contributed by atoms with Crippen LogP contribution >= 0.6 is 11.6 Å². The fourth-order valence-corrected chi connectivity index (χ4v) is 4.62.